The largest absolute Gasteiger partial charge is 0.465 e. The average Bonchev–Trinajstić information content (AvgIpc) is 2.39. The highest BCUT2D eigenvalue weighted by Gasteiger charge is 2.40. The number of Topliss-reactive ketones (excluding diaryl/α,β-unsaturated/α-hetero) is 1. The fourth-order valence-corrected chi connectivity index (χ4v) is 1.74. The molecule has 0 aliphatic rings. The Hall–Kier alpha value is -1.43. The molecule has 0 spiro atoms. The summed E-state index contributed by atoms with van der Waals surface area (Å²) in [7, 11) is 0. The Morgan fingerprint density at radius 3 is 1.70 bits per heavy atom. The van der Waals surface area contributed by atoms with Crippen molar-refractivity contribution in [1.82, 2.24) is 0 Å². The van der Waals surface area contributed by atoms with Crippen LogP contribution in [0.5, 0.6) is 0 Å². The SMILES string of the molecule is CCCC(OCC)C(=O)C(C(=O)OCC)C(=O)OCC. The Morgan fingerprint density at radius 2 is 1.35 bits per heavy atom. The van der Waals surface area contributed by atoms with Crippen molar-refractivity contribution in [3.8, 4) is 0 Å². The standard InChI is InChI=1S/C14H24O6/c1-5-9-10(18-6-2)12(15)11(13(16)19-7-3)14(17)20-8-4/h10-11H,5-9H2,1-4H3. The monoisotopic (exact) mass is 288 g/mol. The fourth-order valence-electron chi connectivity index (χ4n) is 1.74. The highest BCUT2D eigenvalue weighted by atomic mass is 16.6. The Kier molecular flexibility index (Phi) is 9.63. The van der Waals surface area contributed by atoms with Crippen molar-refractivity contribution in [2.75, 3.05) is 19.8 Å². The summed E-state index contributed by atoms with van der Waals surface area (Å²) < 4.78 is 14.9. The summed E-state index contributed by atoms with van der Waals surface area (Å²) in [5, 5.41) is 0. The van der Waals surface area contributed by atoms with E-state index in [0.717, 1.165) is 0 Å². The predicted octanol–water partition coefficient (Wildman–Crippen LogP) is 1.50. The molecule has 0 radical (unpaired) electrons. The van der Waals surface area contributed by atoms with Crippen molar-refractivity contribution in [1.29, 1.82) is 0 Å². The molecule has 6 heteroatoms. The summed E-state index contributed by atoms with van der Waals surface area (Å²) in [6, 6.07) is 0. The maximum absolute atomic E-state index is 12.3. The van der Waals surface area contributed by atoms with Gasteiger partial charge in [-0.2, -0.15) is 0 Å². The highest BCUT2D eigenvalue weighted by molar-refractivity contribution is 6.16. The first-order valence-corrected chi connectivity index (χ1v) is 7.01. The van der Waals surface area contributed by atoms with E-state index in [1.54, 1.807) is 20.8 Å². The molecule has 0 aromatic carbocycles. The first kappa shape index (κ1) is 18.6. The summed E-state index contributed by atoms with van der Waals surface area (Å²) in [5.74, 6) is -3.91. The van der Waals surface area contributed by atoms with Gasteiger partial charge in [-0.15, -0.1) is 0 Å². The molecule has 0 aromatic rings. The van der Waals surface area contributed by atoms with Crippen molar-refractivity contribution in [3.63, 3.8) is 0 Å². The van der Waals surface area contributed by atoms with E-state index >= 15 is 0 Å². The van der Waals surface area contributed by atoms with Gasteiger partial charge in [-0.3, -0.25) is 14.4 Å². The Labute approximate surface area is 119 Å². The molecule has 0 saturated heterocycles. The molecule has 0 aromatic heterocycles. The van der Waals surface area contributed by atoms with Crippen LogP contribution in [0.1, 0.15) is 40.5 Å². The zero-order valence-electron chi connectivity index (χ0n) is 12.6. The van der Waals surface area contributed by atoms with Crippen molar-refractivity contribution in [3.05, 3.63) is 0 Å². The third-order valence-corrected chi connectivity index (χ3v) is 2.57. The van der Waals surface area contributed by atoms with E-state index in [9.17, 15) is 14.4 Å². The number of ether oxygens (including phenoxy) is 3. The van der Waals surface area contributed by atoms with Gasteiger partial charge >= 0.3 is 11.9 Å². The predicted molar refractivity (Wildman–Crippen MR) is 72.1 cm³/mol. The van der Waals surface area contributed by atoms with Crippen molar-refractivity contribution < 1.29 is 28.6 Å². The lowest BCUT2D eigenvalue weighted by Gasteiger charge is -2.20. The molecule has 0 fully saturated rings. The number of carbonyl (C=O) groups is 3. The number of ketones is 1. The lowest BCUT2D eigenvalue weighted by molar-refractivity contribution is -0.166. The number of carbonyl (C=O) groups excluding carboxylic acids is 3. The van der Waals surface area contributed by atoms with E-state index in [2.05, 4.69) is 0 Å². The van der Waals surface area contributed by atoms with Gasteiger partial charge in [-0.1, -0.05) is 13.3 Å². The molecule has 116 valence electrons. The second kappa shape index (κ2) is 10.4. The zero-order valence-corrected chi connectivity index (χ0v) is 12.6. The summed E-state index contributed by atoms with van der Waals surface area (Å²) in [6.07, 6.45) is 0.361. The van der Waals surface area contributed by atoms with Crippen LogP contribution >= 0.6 is 0 Å². The van der Waals surface area contributed by atoms with Crippen LogP contribution < -0.4 is 0 Å². The van der Waals surface area contributed by atoms with Crippen LogP contribution in [-0.4, -0.2) is 43.6 Å². The van der Waals surface area contributed by atoms with Crippen LogP contribution in [0.3, 0.4) is 0 Å². The Morgan fingerprint density at radius 1 is 0.850 bits per heavy atom. The minimum Gasteiger partial charge on any atom is -0.465 e. The summed E-state index contributed by atoms with van der Waals surface area (Å²) in [4.78, 5) is 36.0. The lowest BCUT2D eigenvalue weighted by atomic mass is 9.97. The molecule has 0 aliphatic carbocycles. The Bertz CT molecular complexity index is 302. The van der Waals surface area contributed by atoms with Crippen LogP contribution in [0.25, 0.3) is 0 Å². The molecule has 0 amide bonds. The van der Waals surface area contributed by atoms with Gasteiger partial charge in [0.25, 0.3) is 0 Å². The van der Waals surface area contributed by atoms with Gasteiger partial charge < -0.3 is 14.2 Å². The lowest BCUT2D eigenvalue weighted by Crippen LogP contribution is -2.41. The molecule has 1 unspecified atom stereocenters. The van der Waals surface area contributed by atoms with Crippen LogP contribution in [-0.2, 0) is 28.6 Å². The Balaban J connectivity index is 5.10. The number of hydrogen-bond acceptors (Lipinski definition) is 6. The average molecular weight is 288 g/mol. The molecule has 0 N–H and O–H groups in total. The van der Waals surface area contributed by atoms with Gasteiger partial charge in [0.05, 0.1) is 13.2 Å². The molecular weight excluding hydrogens is 264 g/mol. The fraction of sp³-hybridized carbons (Fsp3) is 0.786. The molecular formula is C14H24O6. The smallest absolute Gasteiger partial charge is 0.328 e. The maximum Gasteiger partial charge on any atom is 0.328 e. The van der Waals surface area contributed by atoms with Gasteiger partial charge in [-0.05, 0) is 27.2 Å². The molecule has 0 heterocycles. The minimum atomic E-state index is -1.56. The van der Waals surface area contributed by atoms with Crippen LogP contribution in [0.15, 0.2) is 0 Å². The third-order valence-electron chi connectivity index (χ3n) is 2.57. The number of esters is 2. The minimum absolute atomic E-state index is 0.0924. The summed E-state index contributed by atoms with van der Waals surface area (Å²) in [5.41, 5.74) is 0. The van der Waals surface area contributed by atoms with E-state index in [4.69, 9.17) is 14.2 Å². The van der Waals surface area contributed by atoms with E-state index in [1.807, 2.05) is 6.92 Å². The van der Waals surface area contributed by atoms with E-state index in [-0.39, 0.29) is 13.2 Å². The van der Waals surface area contributed by atoms with E-state index < -0.39 is 29.7 Å². The first-order chi connectivity index (χ1) is 9.53. The molecule has 0 rings (SSSR count). The molecule has 1 atom stereocenters. The molecule has 0 bridgehead atoms. The molecule has 20 heavy (non-hydrogen) atoms. The van der Waals surface area contributed by atoms with Gasteiger partial charge in [0.2, 0.25) is 5.92 Å². The second-order valence-corrected chi connectivity index (χ2v) is 4.07. The topological polar surface area (TPSA) is 78.9 Å². The molecule has 0 saturated carbocycles. The maximum atomic E-state index is 12.3. The normalized spacial score (nSPS) is 12.1. The second-order valence-electron chi connectivity index (χ2n) is 4.07. The number of hydrogen-bond donors (Lipinski definition) is 0. The van der Waals surface area contributed by atoms with Crippen LogP contribution in [0.2, 0.25) is 0 Å². The third kappa shape index (κ3) is 5.69. The first-order valence-electron chi connectivity index (χ1n) is 7.01. The van der Waals surface area contributed by atoms with Crippen molar-refractivity contribution in [2.45, 2.75) is 46.6 Å². The van der Waals surface area contributed by atoms with Crippen LogP contribution in [0, 0.1) is 5.92 Å². The molecule has 0 aliphatic heterocycles. The van der Waals surface area contributed by atoms with Gasteiger partial charge in [-0.25, -0.2) is 0 Å². The van der Waals surface area contributed by atoms with Gasteiger partial charge in [0, 0.05) is 6.61 Å². The summed E-state index contributed by atoms with van der Waals surface area (Å²) in [6.45, 7) is 7.37. The van der Waals surface area contributed by atoms with Gasteiger partial charge in [0.15, 0.2) is 5.78 Å². The van der Waals surface area contributed by atoms with Crippen LogP contribution in [0.4, 0.5) is 0 Å². The highest BCUT2D eigenvalue weighted by Crippen LogP contribution is 2.14. The van der Waals surface area contributed by atoms with Crippen molar-refractivity contribution >= 4 is 17.7 Å². The van der Waals surface area contributed by atoms with E-state index in [0.29, 0.717) is 19.4 Å². The number of rotatable bonds is 10. The van der Waals surface area contributed by atoms with E-state index in [1.165, 1.54) is 0 Å². The molecule has 6 nitrogen and oxygen atoms in total. The van der Waals surface area contributed by atoms with Gasteiger partial charge in [0.1, 0.15) is 6.10 Å². The summed E-state index contributed by atoms with van der Waals surface area (Å²) >= 11 is 0. The quantitative estimate of drug-likeness (QED) is 0.448. The zero-order chi connectivity index (χ0) is 15.5. The van der Waals surface area contributed by atoms with Crippen molar-refractivity contribution in [2.24, 2.45) is 5.92 Å².